The number of morpholine rings is 2. The van der Waals surface area contributed by atoms with Gasteiger partial charge in [-0.15, -0.1) is 11.6 Å². The van der Waals surface area contributed by atoms with Gasteiger partial charge in [-0.25, -0.2) is 0 Å². The number of alkyl halides is 1. The fourth-order valence-electron chi connectivity index (χ4n) is 5.61. The number of carbonyl (C=O) groups excluding carboxylic acids is 2. The van der Waals surface area contributed by atoms with Gasteiger partial charge in [0.2, 0.25) is 0 Å². The molecular formula is C36H54ClN3O6. The molecular weight excluding hydrogens is 606 g/mol. The van der Waals surface area contributed by atoms with Gasteiger partial charge in [0.1, 0.15) is 11.5 Å². The number of rotatable bonds is 15. The molecule has 256 valence electrons. The van der Waals surface area contributed by atoms with Crippen LogP contribution < -0.4 is 9.47 Å². The predicted octanol–water partition coefficient (Wildman–Crippen LogP) is 5.30. The van der Waals surface area contributed by atoms with Crippen molar-refractivity contribution < 1.29 is 28.5 Å². The van der Waals surface area contributed by atoms with Gasteiger partial charge in [-0.3, -0.25) is 19.4 Å². The van der Waals surface area contributed by atoms with Crippen molar-refractivity contribution in [2.75, 3.05) is 97.9 Å². The van der Waals surface area contributed by atoms with Gasteiger partial charge < -0.3 is 23.8 Å². The summed E-state index contributed by atoms with van der Waals surface area (Å²) in [6.07, 6.45) is 4.50. The normalized spacial score (nSPS) is 19.0. The zero-order valence-corrected chi connectivity index (χ0v) is 27.6. The van der Waals surface area contributed by atoms with Gasteiger partial charge in [0.15, 0.2) is 11.6 Å². The molecule has 3 fully saturated rings. The molecule has 3 saturated heterocycles. The number of ketones is 2. The zero-order valence-electron chi connectivity index (χ0n) is 26.8. The van der Waals surface area contributed by atoms with Gasteiger partial charge in [0, 0.05) is 55.8 Å². The Kier molecular flexibility index (Phi) is 17.6. The van der Waals surface area contributed by atoms with E-state index in [9.17, 15) is 9.59 Å². The topological polar surface area (TPSA) is 80.8 Å². The van der Waals surface area contributed by atoms with Crippen LogP contribution in [-0.4, -0.2) is 130 Å². The van der Waals surface area contributed by atoms with Crippen LogP contribution in [0.15, 0.2) is 48.5 Å². The Labute approximate surface area is 281 Å². The molecule has 0 saturated carbocycles. The van der Waals surface area contributed by atoms with Gasteiger partial charge >= 0.3 is 0 Å². The number of benzene rings is 2. The Morgan fingerprint density at radius 1 is 0.739 bits per heavy atom. The van der Waals surface area contributed by atoms with Crippen molar-refractivity contribution in [2.24, 2.45) is 0 Å². The predicted molar refractivity (Wildman–Crippen MR) is 184 cm³/mol. The number of Topliss-reactive ketones (excluding diaryl/α,β-unsaturated/α-hetero) is 2. The first-order valence-electron chi connectivity index (χ1n) is 16.4. The lowest BCUT2D eigenvalue weighted by Crippen LogP contribution is -2.39. The summed E-state index contributed by atoms with van der Waals surface area (Å²) >= 11 is 5.59. The van der Waals surface area contributed by atoms with E-state index in [0.29, 0.717) is 38.8 Å². The van der Waals surface area contributed by atoms with Crippen LogP contribution in [0.4, 0.5) is 0 Å². The number of ether oxygens (including phenoxy) is 4. The molecule has 2 aromatic rings. The SMILES string of the molecule is C.CC1CCCN1CCCOc1ccc(C(=O)CN2CCOCC2)cc1.O=C(CN1CCOCC1)c1ccc(OCCCCl)cc1. The first-order valence-corrected chi connectivity index (χ1v) is 17.0. The molecule has 10 heteroatoms. The second-order valence-electron chi connectivity index (χ2n) is 11.8. The summed E-state index contributed by atoms with van der Waals surface area (Å²) in [7, 11) is 0. The molecule has 9 nitrogen and oxygen atoms in total. The van der Waals surface area contributed by atoms with Crippen molar-refractivity contribution in [2.45, 2.75) is 46.1 Å². The monoisotopic (exact) mass is 659 g/mol. The summed E-state index contributed by atoms with van der Waals surface area (Å²) in [5.74, 6) is 2.52. The number of hydrogen-bond donors (Lipinski definition) is 0. The van der Waals surface area contributed by atoms with Crippen LogP contribution >= 0.6 is 11.6 Å². The van der Waals surface area contributed by atoms with Gasteiger partial charge in [0.05, 0.1) is 52.7 Å². The van der Waals surface area contributed by atoms with Crippen molar-refractivity contribution in [3.05, 3.63) is 59.7 Å². The van der Waals surface area contributed by atoms with E-state index in [0.717, 1.165) is 94.1 Å². The molecule has 0 N–H and O–H groups in total. The van der Waals surface area contributed by atoms with E-state index in [1.54, 1.807) is 0 Å². The highest BCUT2D eigenvalue weighted by molar-refractivity contribution is 6.17. The van der Waals surface area contributed by atoms with Crippen molar-refractivity contribution >= 4 is 23.2 Å². The summed E-state index contributed by atoms with van der Waals surface area (Å²) in [6.45, 7) is 13.1. The maximum Gasteiger partial charge on any atom is 0.176 e. The van der Waals surface area contributed by atoms with Crippen LogP contribution in [0.25, 0.3) is 0 Å². The summed E-state index contributed by atoms with van der Waals surface area (Å²) < 4.78 is 21.9. The Balaban J connectivity index is 0.000000251. The van der Waals surface area contributed by atoms with E-state index >= 15 is 0 Å². The average Bonchev–Trinajstić information content (AvgIpc) is 3.49. The highest BCUT2D eigenvalue weighted by Crippen LogP contribution is 2.18. The first kappa shape index (κ1) is 37.9. The number of nitrogens with zero attached hydrogens (tertiary/aromatic N) is 3. The Hall–Kier alpha value is -2.53. The van der Waals surface area contributed by atoms with Crippen molar-refractivity contribution in [3.8, 4) is 11.5 Å². The fraction of sp³-hybridized carbons (Fsp3) is 0.611. The standard InChI is InChI=1S/C20H30N2O3.C15H20ClNO3.CH4/c1-17-4-2-9-22(17)10-3-13-25-19-7-5-18(6-8-19)20(23)16-21-11-14-24-15-12-21;16-6-1-9-20-14-4-2-13(3-5-14)15(18)12-17-7-10-19-11-8-17;/h5-8,17H,2-4,9-16H2,1H3;2-5H,1,6-12H2;1H4. The first-order chi connectivity index (χ1) is 22.0. The van der Waals surface area contributed by atoms with E-state index in [1.807, 2.05) is 48.5 Å². The van der Waals surface area contributed by atoms with E-state index in [4.69, 9.17) is 30.5 Å². The molecule has 0 amide bonds. The Bertz CT molecular complexity index is 1140. The molecule has 3 aliphatic heterocycles. The van der Waals surface area contributed by atoms with E-state index in [-0.39, 0.29) is 19.0 Å². The lowest BCUT2D eigenvalue weighted by Gasteiger charge is -2.25. The number of halogens is 1. The van der Waals surface area contributed by atoms with E-state index in [1.165, 1.54) is 19.4 Å². The van der Waals surface area contributed by atoms with Crippen LogP contribution in [0.1, 0.15) is 60.7 Å². The van der Waals surface area contributed by atoms with Crippen LogP contribution in [-0.2, 0) is 9.47 Å². The highest BCUT2D eigenvalue weighted by Gasteiger charge is 2.19. The van der Waals surface area contributed by atoms with Crippen LogP contribution in [0.5, 0.6) is 11.5 Å². The minimum absolute atomic E-state index is 0. The third-order valence-electron chi connectivity index (χ3n) is 8.39. The maximum atomic E-state index is 12.3. The fourth-order valence-corrected chi connectivity index (χ4v) is 5.72. The molecule has 1 unspecified atom stereocenters. The van der Waals surface area contributed by atoms with Crippen molar-refractivity contribution in [1.29, 1.82) is 0 Å². The smallest absolute Gasteiger partial charge is 0.176 e. The summed E-state index contributed by atoms with van der Waals surface area (Å²) in [6, 6.07) is 15.6. The Morgan fingerprint density at radius 2 is 1.20 bits per heavy atom. The molecule has 0 aliphatic carbocycles. The van der Waals surface area contributed by atoms with E-state index in [2.05, 4.69) is 21.6 Å². The highest BCUT2D eigenvalue weighted by atomic mass is 35.5. The van der Waals surface area contributed by atoms with Crippen molar-refractivity contribution in [1.82, 2.24) is 14.7 Å². The summed E-state index contributed by atoms with van der Waals surface area (Å²) in [4.78, 5) is 31.3. The molecule has 3 heterocycles. The molecule has 5 rings (SSSR count). The van der Waals surface area contributed by atoms with Crippen molar-refractivity contribution in [3.63, 3.8) is 0 Å². The summed E-state index contributed by atoms with van der Waals surface area (Å²) in [5, 5.41) is 0. The second kappa shape index (κ2) is 21.4. The zero-order chi connectivity index (χ0) is 31.7. The minimum atomic E-state index is 0. The third kappa shape index (κ3) is 13.3. The number of hydrogen-bond acceptors (Lipinski definition) is 9. The number of likely N-dealkylation sites (tertiary alicyclic amines) is 1. The van der Waals surface area contributed by atoms with Gasteiger partial charge in [-0.05, 0) is 87.7 Å². The molecule has 0 radical (unpaired) electrons. The lowest BCUT2D eigenvalue weighted by molar-refractivity contribution is 0.0368. The van der Waals surface area contributed by atoms with Gasteiger partial charge in [-0.1, -0.05) is 7.43 Å². The lowest BCUT2D eigenvalue weighted by atomic mass is 10.1. The van der Waals surface area contributed by atoms with Crippen LogP contribution in [0, 0.1) is 0 Å². The van der Waals surface area contributed by atoms with E-state index < -0.39 is 0 Å². The third-order valence-corrected chi connectivity index (χ3v) is 8.66. The molecule has 2 aromatic carbocycles. The molecule has 0 spiro atoms. The van der Waals surface area contributed by atoms with Gasteiger partial charge in [-0.2, -0.15) is 0 Å². The average molecular weight is 660 g/mol. The Morgan fingerprint density at radius 3 is 1.61 bits per heavy atom. The van der Waals surface area contributed by atoms with Crippen LogP contribution in [0.3, 0.4) is 0 Å². The van der Waals surface area contributed by atoms with Gasteiger partial charge in [0.25, 0.3) is 0 Å². The molecule has 0 bridgehead atoms. The largest absolute Gasteiger partial charge is 0.494 e. The summed E-state index contributed by atoms with van der Waals surface area (Å²) in [5.41, 5.74) is 1.48. The quantitative estimate of drug-likeness (QED) is 0.144. The minimum Gasteiger partial charge on any atom is -0.494 e. The molecule has 1 atom stereocenters. The van der Waals surface area contributed by atoms with Crippen LogP contribution in [0.2, 0.25) is 0 Å². The number of carbonyl (C=O) groups is 2. The molecule has 0 aromatic heterocycles. The molecule has 46 heavy (non-hydrogen) atoms. The maximum absolute atomic E-state index is 12.3. The molecule has 3 aliphatic rings. The second-order valence-corrected chi connectivity index (χ2v) is 12.2.